The minimum absolute atomic E-state index is 0.00583. The predicted molar refractivity (Wildman–Crippen MR) is 53.1 cm³/mol. The fourth-order valence-corrected chi connectivity index (χ4v) is 1.22. The van der Waals surface area contributed by atoms with Gasteiger partial charge >= 0.3 is 0 Å². The molecule has 0 aliphatic carbocycles. The highest BCUT2D eigenvalue weighted by atomic mass is 16.3. The fraction of sp³-hybridized carbons (Fsp3) is 0.400. The Hall–Kier alpha value is -1.26. The van der Waals surface area contributed by atoms with E-state index in [4.69, 9.17) is 5.73 Å². The van der Waals surface area contributed by atoms with E-state index in [9.17, 15) is 15.3 Å². The summed E-state index contributed by atoms with van der Waals surface area (Å²) in [5, 5.41) is 28.2. The second-order valence-corrected chi connectivity index (χ2v) is 3.46. The summed E-state index contributed by atoms with van der Waals surface area (Å²) in [5.41, 5.74) is 6.56. The zero-order valence-electron chi connectivity index (χ0n) is 8.23. The Morgan fingerprint density at radius 1 is 1.21 bits per heavy atom. The molecule has 1 rings (SSSR count). The molecule has 0 amide bonds. The van der Waals surface area contributed by atoms with Crippen LogP contribution in [0.25, 0.3) is 0 Å². The van der Waals surface area contributed by atoms with E-state index in [0.717, 1.165) is 0 Å². The quantitative estimate of drug-likeness (QED) is 0.528. The van der Waals surface area contributed by atoms with Crippen LogP contribution in [0.15, 0.2) is 12.1 Å². The number of hydrogen-bond donors (Lipinski definition) is 4. The van der Waals surface area contributed by atoms with Crippen LogP contribution in [0.2, 0.25) is 0 Å². The number of aliphatic hydroxyl groups excluding tert-OH is 1. The monoisotopic (exact) mass is 197 g/mol. The van der Waals surface area contributed by atoms with Gasteiger partial charge in [-0.15, -0.1) is 0 Å². The maximum Gasteiger partial charge on any atom is 0.120 e. The number of aromatic hydroxyl groups is 2. The average Bonchev–Trinajstić information content (AvgIpc) is 2.10. The minimum Gasteiger partial charge on any atom is -0.508 e. The third-order valence-corrected chi connectivity index (χ3v) is 2.22. The zero-order chi connectivity index (χ0) is 10.9. The van der Waals surface area contributed by atoms with Crippen molar-refractivity contribution in [1.82, 2.24) is 0 Å². The molecule has 5 N–H and O–H groups in total. The van der Waals surface area contributed by atoms with Crippen molar-refractivity contribution < 1.29 is 15.3 Å². The van der Waals surface area contributed by atoms with Crippen molar-refractivity contribution in [3.05, 3.63) is 23.3 Å². The molecule has 1 aromatic rings. The van der Waals surface area contributed by atoms with Gasteiger partial charge in [0.1, 0.15) is 11.5 Å². The average molecular weight is 197 g/mol. The molecule has 0 saturated heterocycles. The Morgan fingerprint density at radius 3 is 2.29 bits per heavy atom. The second-order valence-electron chi connectivity index (χ2n) is 3.46. The number of hydrogen-bond acceptors (Lipinski definition) is 4. The van der Waals surface area contributed by atoms with Crippen LogP contribution >= 0.6 is 0 Å². The maximum atomic E-state index is 9.53. The van der Waals surface area contributed by atoms with Crippen LogP contribution in [0, 0.1) is 6.92 Å². The molecule has 78 valence electrons. The summed E-state index contributed by atoms with van der Waals surface area (Å²) < 4.78 is 0. The maximum absolute atomic E-state index is 9.53. The van der Waals surface area contributed by atoms with Crippen LogP contribution in [-0.2, 0) is 0 Å². The Balaban J connectivity index is 3.15. The van der Waals surface area contributed by atoms with Gasteiger partial charge in [-0.05, 0) is 31.5 Å². The molecule has 0 heterocycles. The molecule has 0 saturated carbocycles. The first-order valence-corrected chi connectivity index (χ1v) is 4.39. The molecule has 0 unspecified atom stereocenters. The van der Waals surface area contributed by atoms with Gasteiger partial charge in [-0.3, -0.25) is 0 Å². The van der Waals surface area contributed by atoms with Crippen LogP contribution < -0.4 is 5.73 Å². The number of aliphatic hydroxyl groups is 1. The Kier molecular flexibility index (Phi) is 2.98. The number of aryl methyl sites for hydroxylation is 1. The Morgan fingerprint density at radius 2 is 1.79 bits per heavy atom. The summed E-state index contributed by atoms with van der Waals surface area (Å²) >= 11 is 0. The van der Waals surface area contributed by atoms with Gasteiger partial charge in [0.05, 0.1) is 12.1 Å². The van der Waals surface area contributed by atoms with E-state index in [-0.39, 0.29) is 11.5 Å². The first kappa shape index (κ1) is 10.8. The van der Waals surface area contributed by atoms with Gasteiger partial charge in [0, 0.05) is 5.56 Å². The van der Waals surface area contributed by atoms with Crippen molar-refractivity contribution in [3.63, 3.8) is 0 Å². The molecule has 0 spiro atoms. The zero-order valence-corrected chi connectivity index (χ0v) is 8.23. The van der Waals surface area contributed by atoms with Crippen molar-refractivity contribution in [2.75, 3.05) is 0 Å². The number of nitrogens with two attached hydrogens (primary N) is 1. The van der Waals surface area contributed by atoms with Crippen molar-refractivity contribution >= 4 is 0 Å². The highest BCUT2D eigenvalue weighted by Gasteiger charge is 2.17. The van der Waals surface area contributed by atoms with Crippen molar-refractivity contribution in [2.24, 2.45) is 5.73 Å². The Bertz CT molecular complexity index is 336. The lowest BCUT2D eigenvalue weighted by Crippen LogP contribution is -2.23. The van der Waals surface area contributed by atoms with Crippen LogP contribution in [-0.4, -0.2) is 21.4 Å². The summed E-state index contributed by atoms with van der Waals surface area (Å²) in [6, 6.07) is 2.11. The van der Waals surface area contributed by atoms with Gasteiger partial charge in [0.2, 0.25) is 0 Å². The molecular formula is C10H15NO3. The van der Waals surface area contributed by atoms with E-state index in [1.165, 1.54) is 19.1 Å². The van der Waals surface area contributed by atoms with E-state index in [2.05, 4.69) is 0 Å². The third kappa shape index (κ3) is 1.97. The van der Waals surface area contributed by atoms with Gasteiger partial charge in [0.15, 0.2) is 0 Å². The number of phenolic OH excluding ortho intramolecular Hbond substituents is 2. The third-order valence-electron chi connectivity index (χ3n) is 2.22. The molecular weight excluding hydrogens is 182 g/mol. The van der Waals surface area contributed by atoms with Gasteiger partial charge in [-0.2, -0.15) is 0 Å². The van der Waals surface area contributed by atoms with Crippen molar-refractivity contribution in [2.45, 2.75) is 26.0 Å². The standard InChI is InChI=1S/C10H15NO3/c1-5-3-9(14)7(4-8(5)13)10(11)6(2)12/h3-4,6,10,12-14H,11H2,1-2H3/t6-,10-/m1/s1. The number of rotatable bonds is 2. The molecule has 0 aromatic heterocycles. The highest BCUT2D eigenvalue weighted by molar-refractivity contribution is 5.46. The first-order chi connectivity index (χ1) is 6.43. The SMILES string of the molecule is Cc1cc(O)c([C@H](N)[C@@H](C)O)cc1O. The van der Waals surface area contributed by atoms with Crippen LogP contribution in [0.1, 0.15) is 24.1 Å². The molecule has 0 aliphatic rings. The van der Waals surface area contributed by atoms with Crippen LogP contribution in [0.5, 0.6) is 11.5 Å². The Labute approximate surface area is 82.6 Å². The van der Waals surface area contributed by atoms with Crippen LogP contribution in [0.3, 0.4) is 0 Å². The first-order valence-electron chi connectivity index (χ1n) is 4.39. The van der Waals surface area contributed by atoms with Gasteiger partial charge in [-0.25, -0.2) is 0 Å². The molecule has 0 aliphatic heterocycles. The lowest BCUT2D eigenvalue weighted by Gasteiger charge is -2.17. The second kappa shape index (κ2) is 3.86. The lowest BCUT2D eigenvalue weighted by molar-refractivity contribution is 0.162. The normalized spacial score (nSPS) is 15.1. The van der Waals surface area contributed by atoms with Crippen molar-refractivity contribution in [3.8, 4) is 11.5 Å². The fourth-order valence-electron chi connectivity index (χ4n) is 1.22. The van der Waals surface area contributed by atoms with Crippen LogP contribution in [0.4, 0.5) is 0 Å². The summed E-state index contributed by atoms with van der Waals surface area (Å²) in [7, 11) is 0. The topological polar surface area (TPSA) is 86.7 Å². The highest BCUT2D eigenvalue weighted by Crippen LogP contribution is 2.31. The summed E-state index contributed by atoms with van der Waals surface area (Å²) in [5.74, 6) is 0.0580. The van der Waals surface area contributed by atoms with Gasteiger partial charge in [0.25, 0.3) is 0 Å². The molecule has 0 radical (unpaired) electrons. The molecule has 2 atom stereocenters. The summed E-state index contributed by atoms with van der Waals surface area (Å²) in [4.78, 5) is 0. The smallest absolute Gasteiger partial charge is 0.120 e. The summed E-state index contributed by atoms with van der Waals surface area (Å²) in [6.07, 6.45) is -0.775. The van der Waals surface area contributed by atoms with E-state index in [1.54, 1.807) is 6.92 Å². The predicted octanol–water partition coefficient (Wildman–Crippen LogP) is 0.787. The van der Waals surface area contributed by atoms with E-state index < -0.39 is 12.1 Å². The molecule has 4 heteroatoms. The van der Waals surface area contributed by atoms with Gasteiger partial charge < -0.3 is 21.1 Å². The number of phenols is 2. The minimum atomic E-state index is -0.775. The molecule has 14 heavy (non-hydrogen) atoms. The molecule has 1 aromatic carbocycles. The molecule has 0 bridgehead atoms. The van der Waals surface area contributed by atoms with E-state index >= 15 is 0 Å². The van der Waals surface area contributed by atoms with E-state index in [0.29, 0.717) is 11.1 Å². The summed E-state index contributed by atoms with van der Waals surface area (Å²) in [6.45, 7) is 3.20. The van der Waals surface area contributed by atoms with E-state index in [1.807, 2.05) is 0 Å². The largest absolute Gasteiger partial charge is 0.508 e. The number of benzene rings is 1. The molecule has 4 nitrogen and oxygen atoms in total. The van der Waals surface area contributed by atoms with Crippen molar-refractivity contribution in [1.29, 1.82) is 0 Å². The van der Waals surface area contributed by atoms with Gasteiger partial charge in [-0.1, -0.05) is 0 Å². The molecule has 0 fully saturated rings. The lowest BCUT2D eigenvalue weighted by atomic mass is 10.00.